The van der Waals surface area contributed by atoms with E-state index in [1.807, 2.05) is 0 Å². The molecule has 3 fully saturated rings. The van der Waals surface area contributed by atoms with Crippen LogP contribution in [0.3, 0.4) is 0 Å². The van der Waals surface area contributed by atoms with Crippen molar-refractivity contribution in [2.24, 2.45) is 44.8 Å². The topological polar surface area (TPSA) is 89.7 Å². The lowest BCUT2D eigenvalue weighted by Gasteiger charge is -2.60. The van der Waals surface area contributed by atoms with Gasteiger partial charge in [0.1, 0.15) is 19.9 Å². The van der Waals surface area contributed by atoms with Crippen molar-refractivity contribution in [2.75, 3.05) is 20.8 Å². The van der Waals surface area contributed by atoms with E-state index < -0.39 is 5.60 Å². The number of oxime groups is 2. The molecule has 3 saturated carbocycles. The number of aliphatic hydroxyl groups excluding tert-OH is 1. The summed E-state index contributed by atoms with van der Waals surface area (Å²) in [5.74, 6) is 1.67. The third kappa shape index (κ3) is 3.53. The summed E-state index contributed by atoms with van der Waals surface area (Å²) in [4.78, 5) is 22.4. The van der Waals surface area contributed by atoms with Crippen molar-refractivity contribution in [3.8, 4) is 0 Å². The first-order valence-electron chi connectivity index (χ1n) is 12.4. The smallest absolute Gasteiger partial charge is 0.303 e. The van der Waals surface area contributed by atoms with Crippen LogP contribution in [0, 0.1) is 34.5 Å². The van der Waals surface area contributed by atoms with E-state index in [2.05, 4.69) is 37.2 Å². The molecule has 7 heteroatoms. The maximum atomic E-state index is 12.3. The highest BCUT2D eigenvalue weighted by Crippen LogP contribution is 2.69. The highest BCUT2D eigenvalue weighted by molar-refractivity contribution is 5.97. The molecular weight excluding hydrogens is 420 g/mol. The normalized spacial score (nSPS) is 43.8. The molecule has 0 spiro atoms. The fourth-order valence-electron chi connectivity index (χ4n) is 8.47. The Morgan fingerprint density at radius 2 is 1.88 bits per heavy atom. The lowest BCUT2D eigenvalue weighted by molar-refractivity contribution is -0.168. The maximum absolute atomic E-state index is 12.3. The van der Waals surface area contributed by atoms with Crippen LogP contribution in [-0.4, -0.2) is 48.9 Å². The second-order valence-electron chi connectivity index (χ2n) is 11.1. The minimum atomic E-state index is -0.912. The van der Waals surface area contributed by atoms with Crippen LogP contribution in [0.15, 0.2) is 22.0 Å². The van der Waals surface area contributed by atoms with Crippen molar-refractivity contribution in [2.45, 2.75) is 78.2 Å². The Balaban J connectivity index is 1.73. The molecule has 4 aliphatic carbocycles. The van der Waals surface area contributed by atoms with Gasteiger partial charge in [0, 0.05) is 12.3 Å². The third-order valence-electron chi connectivity index (χ3n) is 9.76. The first kappa shape index (κ1) is 24.2. The maximum Gasteiger partial charge on any atom is 0.303 e. The van der Waals surface area contributed by atoms with Gasteiger partial charge < -0.3 is 19.5 Å². The SMILES string of the molecule is CO/N=C1/C=C2C(C)CC3C(CCC4(C)C3CCC4(OC(C)=O)/C(CO)=N/OC)C2(C)CC1. The number of rotatable bonds is 5. The number of esters is 1. The van der Waals surface area contributed by atoms with Gasteiger partial charge >= 0.3 is 5.97 Å². The molecule has 1 N–H and O–H groups in total. The minimum Gasteiger partial charge on any atom is -0.452 e. The van der Waals surface area contributed by atoms with E-state index in [1.165, 1.54) is 19.6 Å². The van der Waals surface area contributed by atoms with Gasteiger partial charge in [0.25, 0.3) is 0 Å². The number of carbonyl (C=O) groups excluding carboxylic acids is 1. The predicted octanol–water partition coefficient (Wildman–Crippen LogP) is 4.49. The summed E-state index contributed by atoms with van der Waals surface area (Å²) in [7, 11) is 3.09. The zero-order valence-electron chi connectivity index (χ0n) is 21.0. The second kappa shape index (κ2) is 8.71. The molecular formula is C26H40N2O5. The summed E-state index contributed by atoms with van der Waals surface area (Å²) in [6.07, 6.45) is 9.11. The first-order chi connectivity index (χ1) is 15.7. The van der Waals surface area contributed by atoms with Crippen molar-refractivity contribution >= 4 is 17.4 Å². The number of carbonyl (C=O) groups is 1. The number of hydrogen-bond acceptors (Lipinski definition) is 7. The van der Waals surface area contributed by atoms with Gasteiger partial charge in [0.2, 0.25) is 0 Å². The predicted molar refractivity (Wildman–Crippen MR) is 127 cm³/mol. The zero-order chi connectivity index (χ0) is 24.0. The number of ether oxygens (including phenoxy) is 1. The van der Waals surface area contributed by atoms with E-state index in [0.29, 0.717) is 35.8 Å². The average Bonchev–Trinajstić information content (AvgIpc) is 3.05. The van der Waals surface area contributed by atoms with E-state index in [1.54, 1.807) is 7.11 Å². The monoisotopic (exact) mass is 460 g/mol. The van der Waals surface area contributed by atoms with Crippen LogP contribution >= 0.6 is 0 Å². The summed E-state index contributed by atoms with van der Waals surface area (Å²) in [5.41, 5.74) is 1.98. The molecule has 0 aromatic carbocycles. The lowest BCUT2D eigenvalue weighted by atomic mass is 9.44. The molecule has 0 bridgehead atoms. The molecule has 0 radical (unpaired) electrons. The summed E-state index contributed by atoms with van der Waals surface area (Å²) in [6, 6.07) is 0. The zero-order valence-corrected chi connectivity index (χ0v) is 21.0. The van der Waals surface area contributed by atoms with Gasteiger partial charge in [-0.05, 0) is 80.1 Å². The second-order valence-corrected chi connectivity index (χ2v) is 11.1. The van der Waals surface area contributed by atoms with Gasteiger partial charge in [0.05, 0.1) is 12.3 Å². The highest BCUT2D eigenvalue weighted by atomic mass is 16.6. The number of hydrogen-bond donors (Lipinski definition) is 1. The van der Waals surface area contributed by atoms with Crippen molar-refractivity contribution in [1.82, 2.24) is 0 Å². The quantitative estimate of drug-likeness (QED) is 0.371. The Morgan fingerprint density at radius 1 is 1.15 bits per heavy atom. The van der Waals surface area contributed by atoms with Crippen LogP contribution < -0.4 is 0 Å². The van der Waals surface area contributed by atoms with E-state index >= 15 is 0 Å². The van der Waals surface area contributed by atoms with E-state index in [-0.39, 0.29) is 23.4 Å². The van der Waals surface area contributed by atoms with Crippen molar-refractivity contribution in [1.29, 1.82) is 0 Å². The van der Waals surface area contributed by atoms with Gasteiger partial charge in [-0.25, -0.2) is 0 Å². The molecule has 33 heavy (non-hydrogen) atoms. The molecule has 7 unspecified atom stereocenters. The molecule has 0 amide bonds. The van der Waals surface area contributed by atoms with Crippen LogP contribution in [0.2, 0.25) is 0 Å². The van der Waals surface area contributed by atoms with Gasteiger partial charge in [-0.2, -0.15) is 0 Å². The van der Waals surface area contributed by atoms with E-state index in [4.69, 9.17) is 14.4 Å². The number of allylic oxidation sites excluding steroid dienone is 2. The minimum absolute atomic E-state index is 0.156. The van der Waals surface area contributed by atoms with Gasteiger partial charge in [-0.1, -0.05) is 36.7 Å². The molecule has 4 rings (SSSR count). The Morgan fingerprint density at radius 3 is 2.52 bits per heavy atom. The van der Waals surface area contributed by atoms with Crippen molar-refractivity contribution in [3.63, 3.8) is 0 Å². The molecule has 4 aliphatic rings. The van der Waals surface area contributed by atoms with E-state index in [0.717, 1.165) is 44.2 Å². The highest BCUT2D eigenvalue weighted by Gasteiger charge is 2.68. The largest absolute Gasteiger partial charge is 0.452 e. The van der Waals surface area contributed by atoms with E-state index in [9.17, 15) is 9.90 Å². The average molecular weight is 461 g/mol. The Bertz CT molecular complexity index is 882. The number of fused-ring (bicyclic) bond motifs is 5. The van der Waals surface area contributed by atoms with Crippen molar-refractivity contribution in [3.05, 3.63) is 11.6 Å². The molecule has 7 nitrogen and oxygen atoms in total. The molecule has 0 aromatic rings. The lowest BCUT2D eigenvalue weighted by Crippen LogP contribution is -2.60. The van der Waals surface area contributed by atoms with Gasteiger partial charge in [-0.15, -0.1) is 0 Å². The van der Waals surface area contributed by atoms with Crippen LogP contribution in [-0.2, 0) is 19.2 Å². The molecule has 0 saturated heterocycles. The first-order valence-corrected chi connectivity index (χ1v) is 12.4. The molecule has 0 aromatic heterocycles. The summed E-state index contributed by atoms with van der Waals surface area (Å²) >= 11 is 0. The fourth-order valence-corrected chi connectivity index (χ4v) is 8.47. The fraction of sp³-hybridized carbons (Fsp3) is 0.808. The molecule has 0 heterocycles. The summed E-state index contributed by atoms with van der Waals surface area (Å²) in [5, 5.41) is 18.6. The molecule has 184 valence electrons. The Kier molecular flexibility index (Phi) is 6.40. The Labute approximate surface area is 197 Å². The number of nitrogens with zero attached hydrogens (tertiary/aromatic N) is 2. The Hall–Kier alpha value is -1.89. The molecule has 0 aliphatic heterocycles. The summed E-state index contributed by atoms with van der Waals surface area (Å²) in [6.45, 7) is 8.24. The molecule has 7 atom stereocenters. The van der Waals surface area contributed by atoms with Gasteiger partial charge in [0.15, 0.2) is 5.60 Å². The van der Waals surface area contributed by atoms with Crippen LogP contribution in [0.1, 0.15) is 72.6 Å². The van der Waals surface area contributed by atoms with Crippen LogP contribution in [0.5, 0.6) is 0 Å². The van der Waals surface area contributed by atoms with Crippen LogP contribution in [0.25, 0.3) is 0 Å². The van der Waals surface area contributed by atoms with Crippen molar-refractivity contribution < 1.29 is 24.3 Å². The third-order valence-corrected chi connectivity index (χ3v) is 9.76. The summed E-state index contributed by atoms with van der Waals surface area (Å²) < 4.78 is 6.11. The van der Waals surface area contributed by atoms with Gasteiger partial charge in [-0.3, -0.25) is 4.79 Å². The van der Waals surface area contributed by atoms with Crippen LogP contribution in [0.4, 0.5) is 0 Å². The standard InChI is InChI=1S/C26H40N2O5/c1-16-13-19-20(24(3)10-7-18(27-31-5)14-22(16)24)8-11-25(4)21(19)9-12-26(25,33-17(2)30)23(15-29)28-32-6/h14,16,19-21,29H,7-13,15H2,1-6H3/b27-18+,28-23+. The number of aliphatic hydroxyl groups is 1.